The van der Waals surface area contributed by atoms with Crippen LogP contribution in [0.15, 0.2) is 12.2 Å². The molecule has 0 aliphatic carbocycles. The fourth-order valence-corrected chi connectivity index (χ4v) is 1.86. The van der Waals surface area contributed by atoms with Gasteiger partial charge in [0.25, 0.3) is 0 Å². The summed E-state index contributed by atoms with van der Waals surface area (Å²) in [5.41, 5.74) is 0. The van der Waals surface area contributed by atoms with E-state index in [-0.39, 0.29) is 12.3 Å². The molecule has 4 nitrogen and oxygen atoms in total. The maximum Gasteiger partial charge on any atom is 0.305 e. The van der Waals surface area contributed by atoms with Crippen molar-refractivity contribution in [3.8, 4) is 0 Å². The van der Waals surface area contributed by atoms with Crippen LogP contribution < -0.4 is 0 Å². The van der Waals surface area contributed by atoms with Gasteiger partial charge in [-0.3, -0.25) is 4.79 Å². The lowest BCUT2D eigenvalue weighted by molar-refractivity contribution is -0.155. The molecule has 0 spiro atoms. The lowest BCUT2D eigenvalue weighted by atomic mass is 10.2. The maximum atomic E-state index is 11.2. The first-order valence-electron chi connectivity index (χ1n) is 6.92. The maximum absolute atomic E-state index is 11.2. The van der Waals surface area contributed by atoms with Crippen LogP contribution in [0.4, 0.5) is 0 Å². The van der Waals surface area contributed by atoms with Gasteiger partial charge in [-0.2, -0.15) is 0 Å². The summed E-state index contributed by atoms with van der Waals surface area (Å²) in [6.07, 6.45) is 9.34. The second-order valence-electron chi connectivity index (χ2n) is 4.40. The van der Waals surface area contributed by atoms with Crippen LogP contribution >= 0.6 is 11.6 Å². The van der Waals surface area contributed by atoms with Crippen molar-refractivity contribution in [2.45, 2.75) is 44.8 Å². The normalized spacial score (nSPS) is 19.7. The summed E-state index contributed by atoms with van der Waals surface area (Å²) in [7, 11) is 0. The van der Waals surface area contributed by atoms with Gasteiger partial charge >= 0.3 is 5.97 Å². The zero-order valence-corrected chi connectivity index (χ0v) is 12.1. The highest BCUT2D eigenvalue weighted by Crippen LogP contribution is 2.13. The van der Waals surface area contributed by atoms with Crippen LogP contribution in [0.5, 0.6) is 0 Å². The molecule has 0 aromatic rings. The number of unbranched alkanes of at least 4 members (excludes halogenated alkanes) is 1. The van der Waals surface area contributed by atoms with Crippen LogP contribution in [-0.2, 0) is 19.0 Å². The molecule has 1 heterocycles. The molecule has 0 bridgehead atoms. The van der Waals surface area contributed by atoms with E-state index in [1.165, 1.54) is 6.42 Å². The number of esters is 1. The van der Waals surface area contributed by atoms with Crippen molar-refractivity contribution in [3.63, 3.8) is 0 Å². The Kier molecular flexibility index (Phi) is 9.77. The van der Waals surface area contributed by atoms with Crippen molar-refractivity contribution in [1.29, 1.82) is 0 Å². The Morgan fingerprint density at radius 3 is 3.00 bits per heavy atom. The molecule has 0 saturated carbocycles. The molecule has 1 aliphatic rings. The Balaban J connectivity index is 1.91. The molecule has 1 unspecified atom stereocenters. The van der Waals surface area contributed by atoms with E-state index < -0.39 is 0 Å². The van der Waals surface area contributed by atoms with E-state index in [1.807, 2.05) is 12.2 Å². The first kappa shape index (κ1) is 16.5. The first-order valence-corrected chi connectivity index (χ1v) is 7.46. The standard InChI is InChI=1S/C14H23ClO4/c15-9-12-17-13(16)7-3-1-2-5-10-18-14-8-4-6-11-19-14/h2,5,14H,1,3-4,6-12H2. The van der Waals surface area contributed by atoms with E-state index in [9.17, 15) is 4.79 Å². The van der Waals surface area contributed by atoms with E-state index in [0.29, 0.717) is 25.5 Å². The van der Waals surface area contributed by atoms with Crippen molar-refractivity contribution < 1.29 is 19.0 Å². The molecule has 0 aromatic carbocycles. The zero-order valence-electron chi connectivity index (χ0n) is 11.3. The van der Waals surface area contributed by atoms with Crippen LogP contribution in [0.25, 0.3) is 0 Å². The van der Waals surface area contributed by atoms with E-state index in [4.69, 9.17) is 25.8 Å². The number of carbonyl (C=O) groups excluding carboxylic acids is 1. The van der Waals surface area contributed by atoms with Crippen LogP contribution in [0, 0.1) is 0 Å². The molecule has 0 radical (unpaired) electrons. The monoisotopic (exact) mass is 290 g/mol. The number of carbonyl (C=O) groups is 1. The van der Waals surface area contributed by atoms with Gasteiger partial charge in [-0.05, 0) is 32.1 Å². The van der Waals surface area contributed by atoms with E-state index in [0.717, 1.165) is 32.3 Å². The molecule has 5 heteroatoms. The van der Waals surface area contributed by atoms with E-state index in [1.54, 1.807) is 0 Å². The second-order valence-corrected chi connectivity index (χ2v) is 4.78. The summed E-state index contributed by atoms with van der Waals surface area (Å²) in [4.78, 5) is 11.2. The number of rotatable bonds is 9. The number of hydrogen-bond acceptors (Lipinski definition) is 4. The van der Waals surface area contributed by atoms with E-state index in [2.05, 4.69) is 0 Å². The molecule has 1 aliphatic heterocycles. The molecule has 0 amide bonds. The van der Waals surface area contributed by atoms with Crippen molar-refractivity contribution in [2.75, 3.05) is 25.7 Å². The highest BCUT2D eigenvalue weighted by Gasteiger charge is 2.12. The van der Waals surface area contributed by atoms with Crippen LogP contribution in [-0.4, -0.2) is 38.0 Å². The summed E-state index contributed by atoms with van der Waals surface area (Å²) < 4.78 is 15.9. The van der Waals surface area contributed by atoms with Crippen LogP contribution in [0.3, 0.4) is 0 Å². The summed E-state index contributed by atoms with van der Waals surface area (Å²) in [6.45, 7) is 1.67. The molecule has 1 saturated heterocycles. The lowest BCUT2D eigenvalue weighted by Gasteiger charge is -2.21. The molecule has 0 aromatic heterocycles. The van der Waals surface area contributed by atoms with Crippen LogP contribution in [0.1, 0.15) is 38.5 Å². The van der Waals surface area contributed by atoms with Crippen molar-refractivity contribution >= 4 is 17.6 Å². The molecule has 110 valence electrons. The smallest absolute Gasteiger partial charge is 0.305 e. The Bertz CT molecular complexity index is 262. The molecule has 1 atom stereocenters. The Labute approximate surface area is 120 Å². The average molecular weight is 291 g/mol. The summed E-state index contributed by atoms with van der Waals surface area (Å²) >= 11 is 5.42. The number of halogens is 1. The third-order valence-corrected chi connectivity index (χ3v) is 2.93. The number of hydrogen-bond donors (Lipinski definition) is 0. The first-order chi connectivity index (χ1) is 9.33. The predicted molar refractivity (Wildman–Crippen MR) is 74.2 cm³/mol. The van der Waals surface area contributed by atoms with Gasteiger partial charge in [0.15, 0.2) is 6.29 Å². The SMILES string of the molecule is O=C(CCCC=CCOC1CCCCO1)OCCCl. The Hall–Kier alpha value is -0.580. The topological polar surface area (TPSA) is 44.8 Å². The second kappa shape index (κ2) is 11.3. The molecular formula is C14H23ClO4. The third kappa shape index (κ3) is 9.03. The van der Waals surface area contributed by atoms with Crippen molar-refractivity contribution in [3.05, 3.63) is 12.2 Å². The third-order valence-electron chi connectivity index (χ3n) is 2.77. The van der Waals surface area contributed by atoms with Gasteiger partial charge in [-0.15, -0.1) is 11.6 Å². The molecule has 0 N–H and O–H groups in total. The number of ether oxygens (including phenoxy) is 3. The summed E-state index contributed by atoms with van der Waals surface area (Å²) in [5.74, 6) is 0.174. The van der Waals surface area contributed by atoms with Gasteiger partial charge < -0.3 is 14.2 Å². The fraction of sp³-hybridized carbons (Fsp3) is 0.786. The zero-order chi connectivity index (χ0) is 13.8. The van der Waals surface area contributed by atoms with Gasteiger partial charge in [0.05, 0.1) is 12.5 Å². The minimum atomic E-state index is -0.180. The van der Waals surface area contributed by atoms with Gasteiger partial charge in [-0.25, -0.2) is 0 Å². The Morgan fingerprint density at radius 2 is 2.26 bits per heavy atom. The molecule has 19 heavy (non-hydrogen) atoms. The summed E-state index contributed by atoms with van der Waals surface area (Å²) in [5, 5.41) is 0. The van der Waals surface area contributed by atoms with E-state index >= 15 is 0 Å². The molecule has 1 rings (SSSR count). The van der Waals surface area contributed by atoms with Gasteiger partial charge in [0.2, 0.25) is 0 Å². The van der Waals surface area contributed by atoms with Crippen LogP contribution in [0.2, 0.25) is 0 Å². The minimum Gasteiger partial charge on any atom is -0.464 e. The number of alkyl halides is 1. The molecular weight excluding hydrogens is 268 g/mol. The predicted octanol–water partition coefficient (Wildman–Crippen LogP) is 3.04. The van der Waals surface area contributed by atoms with Crippen molar-refractivity contribution in [2.24, 2.45) is 0 Å². The Morgan fingerprint density at radius 1 is 1.37 bits per heavy atom. The quantitative estimate of drug-likeness (QED) is 0.283. The minimum absolute atomic E-state index is 0.0380. The van der Waals surface area contributed by atoms with Gasteiger partial charge in [0.1, 0.15) is 6.61 Å². The van der Waals surface area contributed by atoms with Gasteiger partial charge in [0, 0.05) is 13.0 Å². The highest BCUT2D eigenvalue weighted by molar-refractivity contribution is 6.18. The molecule has 1 fully saturated rings. The fourth-order valence-electron chi connectivity index (χ4n) is 1.78. The highest BCUT2D eigenvalue weighted by atomic mass is 35.5. The van der Waals surface area contributed by atoms with Gasteiger partial charge in [-0.1, -0.05) is 12.2 Å². The largest absolute Gasteiger partial charge is 0.464 e. The summed E-state index contributed by atoms with van der Waals surface area (Å²) in [6, 6.07) is 0. The average Bonchev–Trinajstić information content (AvgIpc) is 2.45. The lowest BCUT2D eigenvalue weighted by Crippen LogP contribution is -2.22. The number of allylic oxidation sites excluding steroid dienone is 1. The van der Waals surface area contributed by atoms with Crippen molar-refractivity contribution in [1.82, 2.24) is 0 Å².